The van der Waals surface area contributed by atoms with Crippen LogP contribution in [-0.4, -0.2) is 34.6 Å². The third-order valence-corrected chi connectivity index (χ3v) is 3.38. The normalized spacial score (nSPS) is 22.9. The Kier molecular flexibility index (Phi) is 4.76. The van der Waals surface area contributed by atoms with Gasteiger partial charge in [0.2, 0.25) is 11.9 Å². The van der Waals surface area contributed by atoms with Crippen LogP contribution in [0.1, 0.15) is 39.5 Å². The van der Waals surface area contributed by atoms with Crippen LogP contribution in [0, 0.1) is 5.92 Å². The van der Waals surface area contributed by atoms with Gasteiger partial charge in [0, 0.05) is 13.1 Å². The second kappa shape index (κ2) is 6.54. The van der Waals surface area contributed by atoms with Gasteiger partial charge in [-0.15, -0.1) is 0 Å². The van der Waals surface area contributed by atoms with Gasteiger partial charge in [-0.3, -0.25) is 0 Å². The monoisotopic (exact) mass is 265 g/mol. The SMILES string of the molecule is CCOc1nc(NC)nc(NC2CCCC(C)C2)n1. The van der Waals surface area contributed by atoms with E-state index in [0.29, 0.717) is 30.6 Å². The maximum atomic E-state index is 5.36. The summed E-state index contributed by atoms with van der Waals surface area (Å²) < 4.78 is 5.36. The van der Waals surface area contributed by atoms with Gasteiger partial charge in [0.15, 0.2) is 0 Å². The van der Waals surface area contributed by atoms with E-state index in [0.717, 1.165) is 5.92 Å². The Morgan fingerprint density at radius 2 is 2.00 bits per heavy atom. The number of nitrogens with one attached hydrogen (secondary N) is 2. The summed E-state index contributed by atoms with van der Waals surface area (Å²) in [5, 5.41) is 6.33. The average molecular weight is 265 g/mol. The molecule has 0 aliphatic heterocycles. The lowest BCUT2D eigenvalue weighted by molar-refractivity contribution is 0.311. The number of anilines is 2. The molecule has 0 saturated heterocycles. The predicted molar refractivity (Wildman–Crippen MR) is 75.6 cm³/mol. The summed E-state index contributed by atoms with van der Waals surface area (Å²) in [5.41, 5.74) is 0. The zero-order chi connectivity index (χ0) is 13.7. The van der Waals surface area contributed by atoms with Crippen LogP contribution in [0.2, 0.25) is 0 Å². The van der Waals surface area contributed by atoms with Crippen molar-refractivity contribution in [3.05, 3.63) is 0 Å². The van der Waals surface area contributed by atoms with Gasteiger partial charge in [-0.25, -0.2) is 0 Å². The summed E-state index contributed by atoms with van der Waals surface area (Å²) in [7, 11) is 1.79. The molecule has 6 heteroatoms. The fourth-order valence-corrected chi connectivity index (χ4v) is 2.47. The van der Waals surface area contributed by atoms with Crippen LogP contribution >= 0.6 is 0 Å². The van der Waals surface area contributed by atoms with Gasteiger partial charge in [-0.1, -0.05) is 19.8 Å². The fourth-order valence-electron chi connectivity index (χ4n) is 2.47. The minimum Gasteiger partial charge on any atom is -0.464 e. The first-order valence-electron chi connectivity index (χ1n) is 7.04. The summed E-state index contributed by atoms with van der Waals surface area (Å²) in [6.45, 7) is 4.76. The lowest BCUT2D eigenvalue weighted by Gasteiger charge is -2.27. The highest BCUT2D eigenvalue weighted by Gasteiger charge is 2.20. The van der Waals surface area contributed by atoms with Crippen LogP contribution in [0.15, 0.2) is 0 Å². The molecule has 1 aromatic rings. The van der Waals surface area contributed by atoms with Crippen LogP contribution in [0.4, 0.5) is 11.9 Å². The third kappa shape index (κ3) is 3.94. The summed E-state index contributed by atoms with van der Waals surface area (Å²) in [6, 6.07) is 0.818. The molecule has 1 aliphatic carbocycles. The zero-order valence-electron chi connectivity index (χ0n) is 11.9. The molecule has 1 aliphatic rings. The molecule has 1 fully saturated rings. The average Bonchev–Trinajstić information content (AvgIpc) is 2.39. The Morgan fingerprint density at radius 1 is 1.21 bits per heavy atom. The van der Waals surface area contributed by atoms with Crippen molar-refractivity contribution in [2.45, 2.75) is 45.6 Å². The summed E-state index contributed by atoms with van der Waals surface area (Å²) >= 11 is 0. The molecule has 2 atom stereocenters. The van der Waals surface area contributed by atoms with Gasteiger partial charge in [0.25, 0.3) is 0 Å². The molecule has 106 valence electrons. The Morgan fingerprint density at radius 3 is 2.68 bits per heavy atom. The molecule has 2 rings (SSSR count). The van der Waals surface area contributed by atoms with Crippen LogP contribution in [-0.2, 0) is 0 Å². The van der Waals surface area contributed by atoms with Crippen LogP contribution < -0.4 is 15.4 Å². The van der Waals surface area contributed by atoms with Crippen molar-refractivity contribution in [1.82, 2.24) is 15.0 Å². The molecule has 0 aromatic carbocycles. The molecule has 1 heterocycles. The van der Waals surface area contributed by atoms with E-state index in [2.05, 4.69) is 32.5 Å². The largest absolute Gasteiger partial charge is 0.464 e. The highest BCUT2D eigenvalue weighted by molar-refractivity contribution is 5.36. The van der Waals surface area contributed by atoms with Gasteiger partial charge < -0.3 is 15.4 Å². The van der Waals surface area contributed by atoms with Crippen molar-refractivity contribution in [3.63, 3.8) is 0 Å². The van der Waals surface area contributed by atoms with Crippen molar-refractivity contribution < 1.29 is 4.74 Å². The molecule has 19 heavy (non-hydrogen) atoms. The second-order valence-electron chi connectivity index (χ2n) is 5.06. The smallest absolute Gasteiger partial charge is 0.323 e. The Balaban J connectivity index is 2.07. The Labute approximate surface area is 114 Å². The maximum Gasteiger partial charge on any atom is 0.323 e. The number of aromatic nitrogens is 3. The minimum absolute atomic E-state index is 0.369. The first-order chi connectivity index (χ1) is 9.21. The molecule has 2 unspecified atom stereocenters. The van der Waals surface area contributed by atoms with E-state index in [9.17, 15) is 0 Å². The van der Waals surface area contributed by atoms with Crippen molar-refractivity contribution in [3.8, 4) is 6.01 Å². The van der Waals surface area contributed by atoms with Crippen molar-refractivity contribution >= 4 is 11.9 Å². The van der Waals surface area contributed by atoms with Gasteiger partial charge >= 0.3 is 6.01 Å². The number of hydrogen-bond donors (Lipinski definition) is 2. The van der Waals surface area contributed by atoms with Crippen LogP contribution in [0.25, 0.3) is 0 Å². The van der Waals surface area contributed by atoms with Gasteiger partial charge in [-0.05, 0) is 25.7 Å². The summed E-state index contributed by atoms with van der Waals surface area (Å²) in [4.78, 5) is 12.8. The number of rotatable bonds is 5. The standard InChI is InChI=1S/C13H23N5O/c1-4-19-13-17-11(14-3)16-12(18-13)15-10-7-5-6-9(2)8-10/h9-10H,4-8H2,1-3H3,(H2,14,15,16,17,18). The topological polar surface area (TPSA) is 72.0 Å². The summed E-state index contributed by atoms with van der Waals surface area (Å²) in [6.07, 6.45) is 4.93. The van der Waals surface area contributed by atoms with E-state index in [1.807, 2.05) is 6.92 Å². The lowest BCUT2D eigenvalue weighted by Crippen LogP contribution is -2.27. The van der Waals surface area contributed by atoms with Crippen LogP contribution in [0.5, 0.6) is 6.01 Å². The third-order valence-electron chi connectivity index (χ3n) is 3.38. The molecular weight excluding hydrogens is 242 g/mol. The van der Waals surface area contributed by atoms with E-state index < -0.39 is 0 Å². The predicted octanol–water partition coefficient (Wildman–Crippen LogP) is 2.30. The van der Waals surface area contributed by atoms with Crippen LogP contribution in [0.3, 0.4) is 0 Å². The zero-order valence-corrected chi connectivity index (χ0v) is 11.9. The number of hydrogen-bond acceptors (Lipinski definition) is 6. The van der Waals surface area contributed by atoms with E-state index in [4.69, 9.17) is 4.74 Å². The summed E-state index contributed by atoms with van der Waals surface area (Å²) in [5.74, 6) is 1.90. The molecule has 0 bridgehead atoms. The molecule has 0 radical (unpaired) electrons. The van der Waals surface area contributed by atoms with Crippen molar-refractivity contribution in [2.24, 2.45) is 5.92 Å². The maximum absolute atomic E-state index is 5.36. The van der Waals surface area contributed by atoms with E-state index >= 15 is 0 Å². The highest BCUT2D eigenvalue weighted by atomic mass is 16.5. The number of nitrogens with zero attached hydrogens (tertiary/aromatic N) is 3. The lowest BCUT2D eigenvalue weighted by atomic mass is 9.87. The van der Waals surface area contributed by atoms with E-state index in [1.54, 1.807) is 7.05 Å². The molecule has 1 aromatic heterocycles. The molecule has 2 N–H and O–H groups in total. The Bertz CT molecular complexity index is 412. The molecule has 0 spiro atoms. The van der Waals surface area contributed by atoms with Gasteiger partial charge in [0.05, 0.1) is 6.61 Å². The molecule has 6 nitrogen and oxygen atoms in total. The second-order valence-corrected chi connectivity index (χ2v) is 5.06. The van der Waals surface area contributed by atoms with Gasteiger partial charge in [0.1, 0.15) is 0 Å². The number of ether oxygens (including phenoxy) is 1. The quantitative estimate of drug-likeness (QED) is 0.851. The van der Waals surface area contributed by atoms with Crippen molar-refractivity contribution in [2.75, 3.05) is 24.3 Å². The van der Waals surface area contributed by atoms with E-state index in [-0.39, 0.29) is 0 Å². The molecule has 1 saturated carbocycles. The van der Waals surface area contributed by atoms with Gasteiger partial charge in [-0.2, -0.15) is 15.0 Å². The minimum atomic E-state index is 0.369. The highest BCUT2D eigenvalue weighted by Crippen LogP contribution is 2.25. The van der Waals surface area contributed by atoms with E-state index in [1.165, 1.54) is 25.7 Å². The molecular formula is C13H23N5O. The Hall–Kier alpha value is -1.59. The van der Waals surface area contributed by atoms with Crippen molar-refractivity contribution in [1.29, 1.82) is 0 Å². The fraction of sp³-hybridized carbons (Fsp3) is 0.769. The first kappa shape index (κ1) is 13.8. The first-order valence-corrected chi connectivity index (χ1v) is 7.04. The molecule has 0 amide bonds.